The van der Waals surface area contributed by atoms with Gasteiger partial charge in [0.25, 0.3) is 0 Å². The second-order valence-electron chi connectivity index (χ2n) is 2.75. The highest BCUT2D eigenvalue weighted by Gasteiger charge is 2.16. The van der Waals surface area contributed by atoms with Crippen molar-refractivity contribution in [2.24, 2.45) is 0 Å². The molecule has 0 fully saturated rings. The Morgan fingerprint density at radius 1 is 1.71 bits per heavy atom. The van der Waals surface area contributed by atoms with Crippen molar-refractivity contribution in [3.8, 4) is 0 Å². The topological polar surface area (TPSA) is 79.5 Å². The van der Waals surface area contributed by atoms with E-state index in [1.807, 2.05) is 0 Å². The maximum Gasteiger partial charge on any atom is 0.311 e. The van der Waals surface area contributed by atoms with E-state index in [-0.39, 0.29) is 18.1 Å². The fourth-order valence-electron chi connectivity index (χ4n) is 1.08. The lowest BCUT2D eigenvalue weighted by Crippen LogP contribution is -2.23. The van der Waals surface area contributed by atoms with Gasteiger partial charge in [-0.2, -0.15) is 0 Å². The highest BCUT2D eigenvalue weighted by atomic mass is 16.6. The van der Waals surface area contributed by atoms with Gasteiger partial charge in [0.05, 0.1) is 11.5 Å². The van der Waals surface area contributed by atoms with Crippen LogP contribution in [0.3, 0.4) is 0 Å². The van der Waals surface area contributed by atoms with Crippen LogP contribution in [0, 0.1) is 10.1 Å². The van der Waals surface area contributed by atoms with Crippen LogP contribution in [0.25, 0.3) is 0 Å². The van der Waals surface area contributed by atoms with Gasteiger partial charge in [0, 0.05) is 25.9 Å². The summed E-state index contributed by atoms with van der Waals surface area (Å²) in [6.45, 7) is 0.252. The van der Waals surface area contributed by atoms with E-state index >= 15 is 0 Å². The molecule has 0 spiro atoms. The predicted octanol–water partition coefficient (Wildman–Crippen LogP) is 0.418. The zero-order valence-corrected chi connectivity index (χ0v) is 7.75. The van der Waals surface area contributed by atoms with Gasteiger partial charge in [0.1, 0.15) is 0 Å². The molecule has 0 aromatic carbocycles. The summed E-state index contributed by atoms with van der Waals surface area (Å²) in [6, 6.07) is 2.89. The summed E-state index contributed by atoms with van der Waals surface area (Å²) in [4.78, 5) is 15.5. The fourth-order valence-corrected chi connectivity index (χ4v) is 1.08. The van der Waals surface area contributed by atoms with Crippen molar-refractivity contribution in [1.82, 2.24) is 4.98 Å². The molecule has 0 aliphatic heterocycles. The number of pyridine rings is 1. The Bertz CT molecular complexity index is 329. The average molecular weight is 197 g/mol. The van der Waals surface area contributed by atoms with E-state index in [9.17, 15) is 10.1 Å². The van der Waals surface area contributed by atoms with Crippen LogP contribution in [0.2, 0.25) is 0 Å². The molecule has 0 radical (unpaired) electrons. The Hall–Kier alpha value is -1.69. The van der Waals surface area contributed by atoms with Gasteiger partial charge < -0.3 is 10.0 Å². The minimum Gasteiger partial charge on any atom is -0.395 e. The van der Waals surface area contributed by atoms with Crippen LogP contribution < -0.4 is 4.90 Å². The third-order valence-corrected chi connectivity index (χ3v) is 1.76. The molecule has 0 aliphatic rings. The third kappa shape index (κ3) is 2.17. The van der Waals surface area contributed by atoms with Crippen molar-refractivity contribution in [3.05, 3.63) is 28.4 Å². The lowest BCUT2D eigenvalue weighted by Gasteiger charge is -2.15. The second-order valence-corrected chi connectivity index (χ2v) is 2.75. The van der Waals surface area contributed by atoms with E-state index in [1.54, 1.807) is 7.05 Å². The molecule has 1 rings (SSSR count). The van der Waals surface area contributed by atoms with E-state index < -0.39 is 4.92 Å². The Morgan fingerprint density at radius 3 is 3.00 bits per heavy atom. The molecule has 0 amide bonds. The summed E-state index contributed by atoms with van der Waals surface area (Å²) in [5.41, 5.74) is -0.0524. The van der Waals surface area contributed by atoms with E-state index in [0.29, 0.717) is 6.54 Å². The molecular weight excluding hydrogens is 186 g/mol. The minimum absolute atomic E-state index is 0.0524. The molecule has 76 valence electrons. The number of aliphatic hydroxyl groups is 1. The van der Waals surface area contributed by atoms with Crippen LogP contribution in [0.5, 0.6) is 0 Å². The number of hydrogen-bond donors (Lipinski definition) is 1. The monoisotopic (exact) mass is 197 g/mol. The summed E-state index contributed by atoms with van der Waals surface area (Å²) < 4.78 is 0. The molecule has 1 N–H and O–H groups in total. The molecule has 0 atom stereocenters. The van der Waals surface area contributed by atoms with Gasteiger partial charge in [-0.05, 0) is 6.07 Å². The van der Waals surface area contributed by atoms with E-state index in [1.165, 1.54) is 23.2 Å². The molecule has 14 heavy (non-hydrogen) atoms. The zero-order valence-electron chi connectivity index (χ0n) is 7.75. The summed E-state index contributed by atoms with van der Waals surface area (Å²) in [5.74, 6) is 0.270. The van der Waals surface area contributed by atoms with Gasteiger partial charge in [0.15, 0.2) is 0 Å². The largest absolute Gasteiger partial charge is 0.395 e. The van der Waals surface area contributed by atoms with Crippen LogP contribution in [0.1, 0.15) is 0 Å². The molecule has 1 heterocycles. The molecule has 1 aromatic rings. The number of anilines is 1. The molecule has 0 saturated heterocycles. The van der Waals surface area contributed by atoms with Gasteiger partial charge in [-0.1, -0.05) is 0 Å². The van der Waals surface area contributed by atoms with Gasteiger partial charge in [-0.15, -0.1) is 0 Å². The quantitative estimate of drug-likeness (QED) is 0.559. The number of nitro groups is 1. The first-order valence-corrected chi connectivity index (χ1v) is 4.08. The molecule has 6 nitrogen and oxygen atoms in total. The van der Waals surface area contributed by atoms with Crippen molar-refractivity contribution in [2.45, 2.75) is 0 Å². The van der Waals surface area contributed by atoms with Crippen LogP contribution in [-0.4, -0.2) is 35.2 Å². The SMILES string of the molecule is CN(CCO)c1ncccc1[N+](=O)[O-]. The summed E-state index contributed by atoms with van der Waals surface area (Å²) >= 11 is 0. The fraction of sp³-hybridized carbons (Fsp3) is 0.375. The number of nitrogens with zero attached hydrogens (tertiary/aromatic N) is 3. The van der Waals surface area contributed by atoms with Crippen molar-refractivity contribution >= 4 is 11.5 Å². The normalized spacial score (nSPS) is 9.86. The molecule has 0 aliphatic carbocycles. The summed E-state index contributed by atoms with van der Waals surface area (Å²) in [7, 11) is 1.64. The van der Waals surface area contributed by atoms with Gasteiger partial charge in [-0.25, -0.2) is 4.98 Å². The predicted molar refractivity (Wildman–Crippen MR) is 51.2 cm³/mol. The number of aromatic nitrogens is 1. The Labute approximate surface area is 81.0 Å². The van der Waals surface area contributed by atoms with E-state index in [0.717, 1.165) is 0 Å². The number of aliphatic hydroxyl groups excluding tert-OH is 1. The van der Waals surface area contributed by atoms with Gasteiger partial charge in [-0.3, -0.25) is 10.1 Å². The van der Waals surface area contributed by atoms with Crippen molar-refractivity contribution in [3.63, 3.8) is 0 Å². The lowest BCUT2D eigenvalue weighted by molar-refractivity contribution is -0.384. The van der Waals surface area contributed by atoms with Crippen molar-refractivity contribution in [1.29, 1.82) is 0 Å². The van der Waals surface area contributed by atoms with Crippen LogP contribution in [0.15, 0.2) is 18.3 Å². The first-order chi connectivity index (χ1) is 6.66. The van der Waals surface area contributed by atoms with E-state index in [4.69, 9.17) is 5.11 Å². The molecule has 0 unspecified atom stereocenters. The number of hydrogen-bond acceptors (Lipinski definition) is 5. The summed E-state index contributed by atoms with van der Waals surface area (Å²) in [5, 5.41) is 19.3. The summed E-state index contributed by atoms with van der Waals surface area (Å²) in [6.07, 6.45) is 1.48. The third-order valence-electron chi connectivity index (χ3n) is 1.76. The smallest absolute Gasteiger partial charge is 0.311 e. The van der Waals surface area contributed by atoms with E-state index in [2.05, 4.69) is 4.98 Å². The Morgan fingerprint density at radius 2 is 2.43 bits per heavy atom. The first-order valence-electron chi connectivity index (χ1n) is 4.08. The van der Waals surface area contributed by atoms with Crippen LogP contribution >= 0.6 is 0 Å². The molecular formula is C8H11N3O3. The minimum atomic E-state index is -0.490. The second kappa shape index (κ2) is 4.52. The van der Waals surface area contributed by atoms with Gasteiger partial charge >= 0.3 is 5.69 Å². The highest BCUT2D eigenvalue weighted by molar-refractivity contribution is 5.56. The average Bonchev–Trinajstić information content (AvgIpc) is 2.18. The van der Waals surface area contributed by atoms with Gasteiger partial charge in [0.2, 0.25) is 5.82 Å². The molecule has 0 bridgehead atoms. The number of rotatable bonds is 4. The zero-order chi connectivity index (χ0) is 10.6. The Balaban J connectivity index is 3.00. The lowest BCUT2D eigenvalue weighted by atomic mass is 10.3. The Kier molecular flexibility index (Phi) is 3.35. The molecule has 0 saturated carbocycles. The van der Waals surface area contributed by atoms with Crippen LogP contribution in [-0.2, 0) is 0 Å². The highest BCUT2D eigenvalue weighted by Crippen LogP contribution is 2.22. The maximum atomic E-state index is 10.6. The first kappa shape index (κ1) is 10.4. The number of likely N-dealkylation sites (N-methyl/N-ethyl adjacent to an activating group) is 1. The molecule has 1 aromatic heterocycles. The standard InChI is InChI=1S/C8H11N3O3/c1-10(5-6-12)8-7(11(13)14)3-2-4-9-8/h2-4,12H,5-6H2,1H3. The van der Waals surface area contributed by atoms with Crippen molar-refractivity contribution < 1.29 is 10.0 Å². The van der Waals surface area contributed by atoms with Crippen LogP contribution in [0.4, 0.5) is 11.5 Å². The maximum absolute atomic E-state index is 10.6. The van der Waals surface area contributed by atoms with Crippen molar-refractivity contribution in [2.75, 3.05) is 25.1 Å². The molecule has 6 heteroatoms.